The van der Waals surface area contributed by atoms with Crippen molar-refractivity contribution in [3.05, 3.63) is 22.2 Å². The summed E-state index contributed by atoms with van der Waals surface area (Å²) in [7, 11) is 5.59. The molecule has 1 aromatic rings. The van der Waals surface area contributed by atoms with Gasteiger partial charge in [0, 0.05) is 24.4 Å². The van der Waals surface area contributed by atoms with Crippen LogP contribution in [0.4, 0.5) is 0 Å². The van der Waals surface area contributed by atoms with Crippen molar-refractivity contribution in [2.24, 2.45) is 5.92 Å². The molecule has 0 aromatic heterocycles. The Labute approximate surface area is 154 Å². The Kier molecular flexibility index (Phi) is 4.91. The molecule has 1 atom stereocenters. The van der Waals surface area contributed by atoms with E-state index < -0.39 is 11.8 Å². The number of rotatable bonds is 3. The summed E-state index contributed by atoms with van der Waals surface area (Å²) < 4.78 is 17.3. The van der Waals surface area contributed by atoms with E-state index in [1.807, 2.05) is 6.92 Å². The molecular weight excluding hydrogens is 342 g/mol. The highest BCUT2D eigenvalue weighted by Crippen LogP contribution is 2.52. The van der Waals surface area contributed by atoms with Gasteiger partial charge in [0.2, 0.25) is 0 Å². The zero-order valence-electron chi connectivity index (χ0n) is 15.5. The van der Waals surface area contributed by atoms with Crippen LogP contribution in [0.25, 0.3) is 0 Å². The maximum absolute atomic E-state index is 12.0. The SMILES string of the molecule is COC(=O)c1cc(Cl)c2c(c1C)OC1(CCC(C(C)N(C)C)CC1)O2. The van der Waals surface area contributed by atoms with Gasteiger partial charge in [-0.1, -0.05) is 11.6 Å². The summed E-state index contributed by atoms with van der Waals surface area (Å²) in [5, 5.41) is 0.390. The first-order valence-corrected chi connectivity index (χ1v) is 9.11. The Morgan fingerprint density at radius 1 is 1.32 bits per heavy atom. The molecular formula is C19H26ClNO4. The second-order valence-electron chi connectivity index (χ2n) is 7.34. The zero-order chi connectivity index (χ0) is 18.4. The van der Waals surface area contributed by atoms with Crippen LogP contribution in [-0.4, -0.2) is 43.9 Å². The lowest BCUT2D eigenvalue weighted by Crippen LogP contribution is -2.45. The van der Waals surface area contributed by atoms with Gasteiger partial charge < -0.3 is 19.1 Å². The number of nitrogens with zero attached hydrogens (tertiary/aromatic N) is 1. The molecule has 0 amide bonds. The molecule has 1 saturated carbocycles. The van der Waals surface area contributed by atoms with Crippen molar-refractivity contribution < 1.29 is 19.0 Å². The van der Waals surface area contributed by atoms with Crippen LogP contribution in [0.2, 0.25) is 5.02 Å². The number of fused-ring (bicyclic) bond motifs is 1. The second-order valence-corrected chi connectivity index (χ2v) is 7.74. The Hall–Kier alpha value is -1.46. The smallest absolute Gasteiger partial charge is 0.338 e. The van der Waals surface area contributed by atoms with E-state index in [1.54, 1.807) is 6.07 Å². The van der Waals surface area contributed by atoms with Gasteiger partial charge in [0.05, 0.1) is 17.7 Å². The monoisotopic (exact) mass is 367 g/mol. The predicted octanol–water partition coefficient (Wildman–Crippen LogP) is 4.04. The third-order valence-electron chi connectivity index (χ3n) is 5.71. The van der Waals surface area contributed by atoms with Gasteiger partial charge in [0.15, 0.2) is 11.5 Å². The number of esters is 1. The van der Waals surface area contributed by atoms with Gasteiger partial charge in [-0.2, -0.15) is 0 Å². The Balaban J connectivity index is 1.82. The van der Waals surface area contributed by atoms with Crippen molar-refractivity contribution in [3.8, 4) is 11.5 Å². The summed E-state index contributed by atoms with van der Waals surface area (Å²) in [4.78, 5) is 14.2. The number of methoxy groups -OCH3 is 1. The largest absolute Gasteiger partial charge is 0.465 e. The van der Waals surface area contributed by atoms with E-state index in [0.29, 0.717) is 39.6 Å². The number of carbonyl (C=O) groups is 1. The Bertz CT molecular complexity index is 680. The van der Waals surface area contributed by atoms with Crippen molar-refractivity contribution in [2.75, 3.05) is 21.2 Å². The van der Waals surface area contributed by atoms with Gasteiger partial charge in [0.1, 0.15) is 0 Å². The number of carbonyl (C=O) groups excluding carboxylic acids is 1. The van der Waals surface area contributed by atoms with Crippen LogP contribution >= 0.6 is 11.6 Å². The van der Waals surface area contributed by atoms with E-state index >= 15 is 0 Å². The van der Waals surface area contributed by atoms with Crippen molar-refractivity contribution in [3.63, 3.8) is 0 Å². The topological polar surface area (TPSA) is 48.0 Å². The fourth-order valence-electron chi connectivity index (χ4n) is 3.82. The molecule has 0 bridgehead atoms. The maximum atomic E-state index is 12.0. The van der Waals surface area contributed by atoms with Crippen molar-refractivity contribution in [1.29, 1.82) is 0 Å². The minimum Gasteiger partial charge on any atom is -0.465 e. The van der Waals surface area contributed by atoms with Gasteiger partial charge in [-0.25, -0.2) is 4.79 Å². The minimum absolute atomic E-state index is 0.390. The van der Waals surface area contributed by atoms with Crippen LogP contribution in [0.15, 0.2) is 6.07 Å². The molecule has 2 aliphatic rings. The third kappa shape index (κ3) is 3.20. The zero-order valence-corrected chi connectivity index (χ0v) is 16.3. The van der Waals surface area contributed by atoms with E-state index in [0.717, 1.165) is 25.7 Å². The molecule has 1 unspecified atom stereocenters. The van der Waals surface area contributed by atoms with Crippen LogP contribution in [-0.2, 0) is 4.74 Å². The van der Waals surface area contributed by atoms with Gasteiger partial charge in [-0.05, 0) is 52.8 Å². The number of ether oxygens (including phenoxy) is 3. The number of hydrogen-bond acceptors (Lipinski definition) is 5. The Morgan fingerprint density at radius 2 is 1.92 bits per heavy atom. The highest BCUT2D eigenvalue weighted by Gasteiger charge is 2.47. The summed E-state index contributed by atoms with van der Waals surface area (Å²) in [6.45, 7) is 4.10. The van der Waals surface area contributed by atoms with E-state index in [-0.39, 0.29) is 0 Å². The molecule has 25 heavy (non-hydrogen) atoms. The highest BCUT2D eigenvalue weighted by molar-refractivity contribution is 6.32. The number of hydrogen-bond donors (Lipinski definition) is 0. The highest BCUT2D eigenvalue weighted by atomic mass is 35.5. The van der Waals surface area contributed by atoms with Gasteiger partial charge >= 0.3 is 5.97 Å². The lowest BCUT2D eigenvalue weighted by atomic mass is 9.81. The quantitative estimate of drug-likeness (QED) is 0.754. The fourth-order valence-corrected chi connectivity index (χ4v) is 4.06. The van der Waals surface area contributed by atoms with Crippen molar-refractivity contribution in [2.45, 2.75) is 51.4 Å². The molecule has 1 heterocycles. The normalized spacial score (nSPS) is 26.1. The third-order valence-corrected chi connectivity index (χ3v) is 5.99. The summed E-state index contributed by atoms with van der Waals surface area (Å²) >= 11 is 6.35. The van der Waals surface area contributed by atoms with Gasteiger partial charge in [-0.15, -0.1) is 0 Å². The second kappa shape index (κ2) is 6.69. The van der Waals surface area contributed by atoms with E-state index in [9.17, 15) is 4.79 Å². The molecule has 1 fully saturated rings. The molecule has 0 radical (unpaired) electrons. The summed E-state index contributed by atoms with van der Waals surface area (Å²) in [6, 6.07) is 2.13. The fraction of sp³-hybridized carbons (Fsp3) is 0.632. The Morgan fingerprint density at radius 3 is 2.48 bits per heavy atom. The van der Waals surface area contributed by atoms with E-state index in [1.165, 1.54) is 7.11 Å². The number of benzene rings is 1. The first-order chi connectivity index (χ1) is 11.8. The van der Waals surface area contributed by atoms with E-state index in [4.69, 9.17) is 25.8 Å². The van der Waals surface area contributed by atoms with Crippen LogP contribution in [0, 0.1) is 12.8 Å². The minimum atomic E-state index is -0.659. The first-order valence-electron chi connectivity index (χ1n) is 8.74. The molecule has 0 N–H and O–H groups in total. The predicted molar refractivity (Wildman–Crippen MR) is 96.6 cm³/mol. The molecule has 5 nitrogen and oxygen atoms in total. The summed E-state index contributed by atoms with van der Waals surface area (Å²) in [5.41, 5.74) is 1.13. The van der Waals surface area contributed by atoms with Crippen LogP contribution in [0.1, 0.15) is 48.5 Å². The molecule has 6 heteroatoms. The molecule has 1 aliphatic heterocycles. The van der Waals surface area contributed by atoms with E-state index in [2.05, 4.69) is 25.9 Å². The first kappa shape index (κ1) is 18.3. The average Bonchev–Trinajstić information content (AvgIpc) is 2.97. The van der Waals surface area contributed by atoms with Gasteiger partial charge in [0.25, 0.3) is 5.79 Å². The molecule has 1 spiro atoms. The number of halogens is 1. The molecule has 3 rings (SSSR count). The standard InChI is InChI=1S/C19H26ClNO4/c1-11-14(18(22)23-5)10-15(20)17-16(11)24-19(25-17)8-6-13(7-9-19)12(2)21(3)4/h10,12-13H,6-9H2,1-5H3. The van der Waals surface area contributed by atoms with Crippen LogP contribution < -0.4 is 9.47 Å². The van der Waals surface area contributed by atoms with Crippen molar-refractivity contribution >= 4 is 17.6 Å². The lowest BCUT2D eigenvalue weighted by molar-refractivity contribution is -0.117. The summed E-state index contributed by atoms with van der Waals surface area (Å²) in [6.07, 6.45) is 3.70. The maximum Gasteiger partial charge on any atom is 0.338 e. The molecule has 1 aromatic carbocycles. The lowest BCUT2D eigenvalue weighted by Gasteiger charge is -2.39. The van der Waals surface area contributed by atoms with Crippen molar-refractivity contribution in [1.82, 2.24) is 4.90 Å². The van der Waals surface area contributed by atoms with Gasteiger partial charge in [-0.3, -0.25) is 0 Å². The van der Waals surface area contributed by atoms with Crippen LogP contribution in [0.3, 0.4) is 0 Å². The van der Waals surface area contributed by atoms with Crippen LogP contribution in [0.5, 0.6) is 11.5 Å². The molecule has 0 saturated heterocycles. The molecule has 1 aliphatic carbocycles. The summed E-state index contributed by atoms with van der Waals surface area (Å²) in [5.74, 6) is 0.667. The average molecular weight is 368 g/mol. The molecule has 138 valence electrons.